The van der Waals surface area contributed by atoms with E-state index >= 15 is 0 Å². The summed E-state index contributed by atoms with van der Waals surface area (Å²) in [6, 6.07) is 3.60. The predicted molar refractivity (Wildman–Crippen MR) is 80.9 cm³/mol. The Hall–Kier alpha value is -1.91. The molecule has 3 aliphatic rings. The summed E-state index contributed by atoms with van der Waals surface area (Å²) in [4.78, 5) is 28.3. The highest BCUT2D eigenvalue weighted by Gasteiger charge is 2.50. The van der Waals surface area contributed by atoms with E-state index in [1.54, 1.807) is 12.4 Å². The SMILES string of the molecule is C[C@@H](NC(=O)[C@H]1C2CCC(CC2)[C@@H]1C(=O)O)c1ccncc1. The Balaban J connectivity index is 1.74. The molecule has 3 fully saturated rings. The van der Waals surface area contributed by atoms with Crippen LogP contribution in [0.2, 0.25) is 0 Å². The molecule has 0 unspecified atom stereocenters. The normalized spacial score (nSPS) is 31.5. The summed E-state index contributed by atoms with van der Waals surface area (Å²) >= 11 is 0. The van der Waals surface area contributed by atoms with Crippen molar-refractivity contribution in [1.82, 2.24) is 10.3 Å². The largest absolute Gasteiger partial charge is 0.481 e. The number of carbonyl (C=O) groups is 2. The average Bonchev–Trinajstić information content (AvgIpc) is 2.55. The third-order valence-electron chi connectivity index (χ3n) is 5.37. The van der Waals surface area contributed by atoms with Crippen LogP contribution in [0.5, 0.6) is 0 Å². The van der Waals surface area contributed by atoms with Crippen LogP contribution in [0.1, 0.15) is 44.2 Å². The van der Waals surface area contributed by atoms with Crippen molar-refractivity contribution in [2.45, 2.75) is 38.6 Å². The zero-order valence-electron chi connectivity index (χ0n) is 12.7. The number of nitrogens with one attached hydrogen (secondary N) is 1. The standard InChI is InChI=1S/C17H22N2O3/c1-10(11-6-8-18-9-7-11)19-16(20)14-12-2-4-13(5-3-12)15(14)17(21)22/h6-10,12-15H,2-5H2,1H3,(H,19,20)(H,21,22)/t10-,12?,13?,14+,15+/m1/s1. The van der Waals surface area contributed by atoms with Gasteiger partial charge in [-0.3, -0.25) is 14.6 Å². The van der Waals surface area contributed by atoms with Gasteiger partial charge in [-0.2, -0.15) is 0 Å². The van der Waals surface area contributed by atoms with Crippen molar-refractivity contribution in [3.8, 4) is 0 Å². The summed E-state index contributed by atoms with van der Waals surface area (Å²) in [6.07, 6.45) is 7.25. The lowest BCUT2D eigenvalue weighted by Crippen LogP contribution is -2.51. The molecule has 22 heavy (non-hydrogen) atoms. The summed E-state index contributed by atoms with van der Waals surface area (Å²) in [7, 11) is 0. The fourth-order valence-corrected chi connectivity index (χ4v) is 4.23. The highest BCUT2D eigenvalue weighted by molar-refractivity contribution is 5.86. The van der Waals surface area contributed by atoms with Gasteiger partial charge in [-0.15, -0.1) is 0 Å². The number of pyridine rings is 1. The van der Waals surface area contributed by atoms with Gasteiger partial charge in [-0.1, -0.05) is 0 Å². The number of hydrogen-bond acceptors (Lipinski definition) is 3. The highest BCUT2D eigenvalue weighted by Crippen LogP contribution is 2.49. The maximum Gasteiger partial charge on any atom is 0.307 e. The third kappa shape index (κ3) is 2.72. The van der Waals surface area contributed by atoms with Crippen LogP contribution < -0.4 is 5.32 Å². The van der Waals surface area contributed by atoms with Crippen molar-refractivity contribution in [3.63, 3.8) is 0 Å². The molecule has 0 spiro atoms. The van der Waals surface area contributed by atoms with Gasteiger partial charge >= 0.3 is 5.97 Å². The Morgan fingerprint density at radius 2 is 1.68 bits per heavy atom. The van der Waals surface area contributed by atoms with Crippen LogP contribution in [-0.2, 0) is 9.59 Å². The molecule has 118 valence electrons. The maximum absolute atomic E-state index is 12.7. The summed E-state index contributed by atoms with van der Waals surface area (Å²) in [5.41, 5.74) is 0.983. The van der Waals surface area contributed by atoms with Gasteiger partial charge in [0.05, 0.1) is 17.9 Å². The number of rotatable bonds is 4. The molecule has 5 heteroatoms. The number of fused-ring (bicyclic) bond motifs is 3. The zero-order valence-corrected chi connectivity index (χ0v) is 12.7. The van der Waals surface area contributed by atoms with Gasteiger partial charge in [0.25, 0.3) is 0 Å². The number of hydrogen-bond donors (Lipinski definition) is 2. The van der Waals surface area contributed by atoms with E-state index in [9.17, 15) is 14.7 Å². The molecule has 0 radical (unpaired) electrons. The van der Waals surface area contributed by atoms with Crippen molar-refractivity contribution in [2.24, 2.45) is 23.7 Å². The van der Waals surface area contributed by atoms with E-state index in [2.05, 4.69) is 10.3 Å². The van der Waals surface area contributed by atoms with E-state index in [0.717, 1.165) is 31.2 Å². The minimum absolute atomic E-state index is 0.105. The fourth-order valence-electron chi connectivity index (χ4n) is 4.23. The lowest BCUT2D eigenvalue weighted by atomic mass is 9.58. The first-order chi connectivity index (χ1) is 10.6. The molecule has 1 aromatic heterocycles. The van der Waals surface area contributed by atoms with Crippen LogP contribution in [0.4, 0.5) is 0 Å². The van der Waals surface area contributed by atoms with Crippen LogP contribution in [0.15, 0.2) is 24.5 Å². The number of aliphatic carboxylic acids is 1. The van der Waals surface area contributed by atoms with Gasteiger partial charge in [0.15, 0.2) is 0 Å². The molecule has 0 aliphatic heterocycles. The lowest BCUT2D eigenvalue weighted by Gasteiger charge is -2.46. The van der Waals surface area contributed by atoms with Gasteiger partial charge in [0.1, 0.15) is 0 Å². The fraction of sp³-hybridized carbons (Fsp3) is 0.588. The molecule has 3 aliphatic carbocycles. The first kappa shape index (κ1) is 15.0. The molecule has 5 nitrogen and oxygen atoms in total. The van der Waals surface area contributed by atoms with E-state index < -0.39 is 11.9 Å². The van der Waals surface area contributed by atoms with E-state index in [4.69, 9.17) is 0 Å². The number of carboxylic acids is 1. The minimum Gasteiger partial charge on any atom is -0.481 e. The maximum atomic E-state index is 12.7. The molecule has 2 bridgehead atoms. The van der Waals surface area contributed by atoms with E-state index in [1.807, 2.05) is 19.1 Å². The van der Waals surface area contributed by atoms with Gasteiger partial charge in [0.2, 0.25) is 5.91 Å². The third-order valence-corrected chi connectivity index (χ3v) is 5.37. The number of nitrogens with zero attached hydrogens (tertiary/aromatic N) is 1. The quantitative estimate of drug-likeness (QED) is 0.895. The monoisotopic (exact) mass is 302 g/mol. The Labute approximate surface area is 130 Å². The topological polar surface area (TPSA) is 79.3 Å². The Bertz CT molecular complexity index is 552. The molecule has 2 N–H and O–H groups in total. The molecule has 3 atom stereocenters. The molecule has 0 saturated heterocycles. The van der Waals surface area contributed by atoms with Crippen LogP contribution in [0.25, 0.3) is 0 Å². The van der Waals surface area contributed by atoms with Gasteiger partial charge in [-0.25, -0.2) is 0 Å². The van der Waals surface area contributed by atoms with Crippen molar-refractivity contribution in [3.05, 3.63) is 30.1 Å². The van der Waals surface area contributed by atoms with Crippen molar-refractivity contribution in [1.29, 1.82) is 0 Å². The van der Waals surface area contributed by atoms with Crippen LogP contribution in [0.3, 0.4) is 0 Å². The van der Waals surface area contributed by atoms with Crippen LogP contribution >= 0.6 is 0 Å². The lowest BCUT2D eigenvalue weighted by molar-refractivity contribution is -0.158. The highest BCUT2D eigenvalue weighted by atomic mass is 16.4. The molecule has 1 amide bonds. The van der Waals surface area contributed by atoms with E-state index in [-0.39, 0.29) is 29.7 Å². The van der Waals surface area contributed by atoms with Gasteiger partial charge < -0.3 is 10.4 Å². The molecule has 1 aromatic rings. The number of aromatic nitrogens is 1. The second-order valence-corrected chi connectivity index (χ2v) is 6.58. The number of carbonyl (C=O) groups excluding carboxylic acids is 1. The van der Waals surface area contributed by atoms with Crippen LogP contribution in [-0.4, -0.2) is 22.0 Å². The number of amides is 1. The van der Waals surface area contributed by atoms with Crippen molar-refractivity contribution < 1.29 is 14.7 Å². The molecular weight excluding hydrogens is 280 g/mol. The van der Waals surface area contributed by atoms with Crippen LogP contribution in [0, 0.1) is 23.7 Å². The number of carboxylic acid groups (broad SMARTS) is 1. The first-order valence-corrected chi connectivity index (χ1v) is 8.01. The molecule has 0 aromatic carbocycles. The smallest absolute Gasteiger partial charge is 0.307 e. The van der Waals surface area contributed by atoms with Gasteiger partial charge in [-0.05, 0) is 62.1 Å². The van der Waals surface area contributed by atoms with E-state index in [0.29, 0.717) is 0 Å². The minimum atomic E-state index is -0.814. The van der Waals surface area contributed by atoms with Crippen molar-refractivity contribution in [2.75, 3.05) is 0 Å². The summed E-state index contributed by atoms with van der Waals surface area (Å²) in [5, 5.41) is 12.5. The Morgan fingerprint density at radius 3 is 2.23 bits per heavy atom. The van der Waals surface area contributed by atoms with E-state index in [1.165, 1.54) is 0 Å². The zero-order chi connectivity index (χ0) is 15.7. The second kappa shape index (κ2) is 6.07. The average molecular weight is 302 g/mol. The predicted octanol–water partition coefficient (Wildman–Crippen LogP) is 2.40. The molecular formula is C17H22N2O3. The molecule has 4 rings (SSSR count). The first-order valence-electron chi connectivity index (χ1n) is 8.01. The summed E-state index contributed by atoms with van der Waals surface area (Å²) in [5.74, 6) is -1.44. The van der Waals surface area contributed by atoms with Crippen molar-refractivity contribution >= 4 is 11.9 Å². The van der Waals surface area contributed by atoms with Gasteiger partial charge in [0, 0.05) is 12.4 Å². The Kier molecular flexibility index (Phi) is 4.14. The Morgan fingerprint density at radius 1 is 1.14 bits per heavy atom. The molecule has 1 heterocycles. The second-order valence-electron chi connectivity index (χ2n) is 6.58. The summed E-state index contributed by atoms with van der Waals surface area (Å²) < 4.78 is 0. The summed E-state index contributed by atoms with van der Waals surface area (Å²) in [6.45, 7) is 1.92. The molecule has 3 saturated carbocycles.